The number of ether oxygens (including phenoxy) is 3. The van der Waals surface area contributed by atoms with Crippen molar-refractivity contribution in [1.82, 2.24) is 4.57 Å². The van der Waals surface area contributed by atoms with E-state index in [2.05, 4.69) is 0 Å². The molecule has 0 fully saturated rings. The molecule has 6 heteroatoms. The van der Waals surface area contributed by atoms with Crippen LogP contribution in [0.2, 0.25) is 5.02 Å². The number of hydrogen-bond acceptors (Lipinski definition) is 4. The lowest BCUT2D eigenvalue weighted by atomic mass is 10.1. The first kappa shape index (κ1) is 28.6. The van der Waals surface area contributed by atoms with Crippen molar-refractivity contribution >= 4 is 22.5 Å². The Labute approximate surface area is 256 Å². The largest absolute Gasteiger partial charge is 0.489 e. The third-order valence-electron chi connectivity index (χ3n) is 7.27. The zero-order chi connectivity index (χ0) is 29.4. The van der Waals surface area contributed by atoms with Crippen molar-refractivity contribution in [3.05, 3.63) is 156 Å². The third kappa shape index (κ3) is 6.60. The summed E-state index contributed by atoms with van der Waals surface area (Å²) in [5, 5.41) is 12.2. The summed E-state index contributed by atoms with van der Waals surface area (Å²) in [5.74, 6) is 1.39. The fraction of sp³-hybridized carbons (Fsp3) is 0.135. The molecule has 1 N–H and O–H groups in total. The molecule has 6 aromatic rings. The van der Waals surface area contributed by atoms with Gasteiger partial charge in [0.2, 0.25) is 0 Å². The van der Waals surface area contributed by atoms with E-state index in [1.54, 1.807) is 0 Å². The van der Waals surface area contributed by atoms with Gasteiger partial charge in [-0.1, -0.05) is 109 Å². The van der Waals surface area contributed by atoms with E-state index >= 15 is 0 Å². The number of rotatable bonds is 12. The zero-order valence-corrected chi connectivity index (χ0v) is 24.3. The lowest BCUT2D eigenvalue weighted by Gasteiger charge is -2.30. The van der Waals surface area contributed by atoms with Crippen LogP contribution < -0.4 is 9.47 Å². The standard InChI is InChI=1S/C37H32ClNO4/c38-35-32-18-10-11-19-33(32)39(36(35)29-20-22-30(23-21-29)41-25-27-12-4-1-5-13-27)37(42-26-28-14-6-2-7-15-28)34(24-40)43-31-16-8-3-9-17-31/h1-23,34,37,40H,24-26H2. The van der Waals surface area contributed by atoms with Crippen LogP contribution in [0.25, 0.3) is 22.2 Å². The summed E-state index contributed by atoms with van der Waals surface area (Å²) in [7, 11) is 0. The molecule has 6 rings (SSSR count). The molecule has 0 saturated carbocycles. The smallest absolute Gasteiger partial charge is 0.174 e. The maximum absolute atomic E-state index is 10.7. The lowest BCUT2D eigenvalue weighted by molar-refractivity contribution is -0.0917. The minimum absolute atomic E-state index is 0.274. The molecule has 0 saturated heterocycles. The molecule has 5 nitrogen and oxygen atoms in total. The van der Waals surface area contributed by atoms with E-state index in [1.807, 2.05) is 144 Å². The molecule has 2 unspecified atom stereocenters. The first-order valence-corrected chi connectivity index (χ1v) is 14.6. The summed E-state index contributed by atoms with van der Waals surface area (Å²) < 4.78 is 21.1. The predicted molar refractivity (Wildman–Crippen MR) is 171 cm³/mol. The summed E-state index contributed by atoms with van der Waals surface area (Å²) in [5.41, 5.74) is 4.64. The summed E-state index contributed by atoms with van der Waals surface area (Å²) in [6.07, 6.45) is -1.45. The monoisotopic (exact) mass is 589 g/mol. The molecule has 0 spiro atoms. The van der Waals surface area contributed by atoms with E-state index in [1.165, 1.54) is 0 Å². The van der Waals surface area contributed by atoms with Gasteiger partial charge in [-0.05, 0) is 53.6 Å². The van der Waals surface area contributed by atoms with Crippen LogP contribution in [-0.2, 0) is 18.0 Å². The maximum atomic E-state index is 10.7. The number of aromatic nitrogens is 1. The molecule has 0 bridgehead atoms. The van der Waals surface area contributed by atoms with Crippen molar-refractivity contribution in [3.8, 4) is 22.8 Å². The SMILES string of the molecule is OCC(Oc1ccccc1)C(OCc1ccccc1)n1c(-c2ccc(OCc3ccccc3)cc2)c(Cl)c2ccccc21. The predicted octanol–water partition coefficient (Wildman–Crippen LogP) is 8.70. The van der Waals surface area contributed by atoms with Gasteiger partial charge >= 0.3 is 0 Å². The number of para-hydroxylation sites is 2. The second kappa shape index (κ2) is 13.6. The molecule has 216 valence electrons. The van der Waals surface area contributed by atoms with Gasteiger partial charge in [0.1, 0.15) is 18.1 Å². The van der Waals surface area contributed by atoms with Crippen molar-refractivity contribution in [3.63, 3.8) is 0 Å². The van der Waals surface area contributed by atoms with Gasteiger partial charge in [-0.3, -0.25) is 0 Å². The van der Waals surface area contributed by atoms with Crippen molar-refractivity contribution in [2.24, 2.45) is 0 Å². The molecule has 5 aromatic carbocycles. The maximum Gasteiger partial charge on any atom is 0.174 e. The normalized spacial score (nSPS) is 12.6. The van der Waals surface area contributed by atoms with Crippen LogP contribution in [0, 0.1) is 0 Å². The van der Waals surface area contributed by atoms with Crippen LogP contribution in [0.5, 0.6) is 11.5 Å². The van der Waals surface area contributed by atoms with Gasteiger partial charge < -0.3 is 23.9 Å². The molecule has 0 radical (unpaired) electrons. The summed E-state index contributed by atoms with van der Waals surface area (Å²) in [6.45, 7) is 0.520. The Bertz CT molecular complexity index is 1740. The topological polar surface area (TPSA) is 52.8 Å². The number of aliphatic hydroxyl groups excluding tert-OH is 1. The summed E-state index contributed by atoms with van der Waals surface area (Å²) in [6, 6.07) is 45.3. The minimum atomic E-state index is -0.731. The molecular formula is C37H32ClNO4. The molecule has 0 aliphatic carbocycles. The van der Waals surface area contributed by atoms with Gasteiger partial charge in [0.15, 0.2) is 12.3 Å². The van der Waals surface area contributed by atoms with E-state index in [4.69, 9.17) is 25.8 Å². The van der Waals surface area contributed by atoms with Gasteiger partial charge in [-0.25, -0.2) is 0 Å². The number of halogens is 1. The fourth-order valence-electron chi connectivity index (χ4n) is 5.17. The van der Waals surface area contributed by atoms with Crippen molar-refractivity contribution in [1.29, 1.82) is 0 Å². The molecule has 1 aromatic heterocycles. The number of nitrogens with zero attached hydrogens (tertiary/aromatic N) is 1. The highest BCUT2D eigenvalue weighted by atomic mass is 35.5. The van der Waals surface area contributed by atoms with Gasteiger partial charge in [0.25, 0.3) is 0 Å². The Balaban J connectivity index is 1.40. The van der Waals surface area contributed by atoms with Crippen LogP contribution in [0.4, 0.5) is 0 Å². The quantitative estimate of drug-likeness (QED) is 0.155. The summed E-state index contributed by atoms with van der Waals surface area (Å²) in [4.78, 5) is 0. The number of aliphatic hydroxyl groups is 1. The highest BCUT2D eigenvalue weighted by Gasteiger charge is 2.31. The second-order valence-corrected chi connectivity index (χ2v) is 10.6. The highest BCUT2D eigenvalue weighted by Crippen LogP contribution is 2.42. The van der Waals surface area contributed by atoms with Crippen LogP contribution in [-0.4, -0.2) is 22.4 Å². The van der Waals surface area contributed by atoms with Crippen LogP contribution in [0.3, 0.4) is 0 Å². The molecule has 0 aliphatic heterocycles. The van der Waals surface area contributed by atoms with Crippen molar-refractivity contribution in [2.75, 3.05) is 6.61 Å². The Hall–Kier alpha value is -4.55. The first-order valence-electron chi connectivity index (χ1n) is 14.2. The average Bonchev–Trinajstić information content (AvgIpc) is 3.36. The van der Waals surface area contributed by atoms with Gasteiger partial charge in [-0.15, -0.1) is 0 Å². The zero-order valence-electron chi connectivity index (χ0n) is 23.6. The van der Waals surface area contributed by atoms with E-state index < -0.39 is 12.3 Å². The Morgan fingerprint density at radius 1 is 0.628 bits per heavy atom. The molecule has 0 amide bonds. The summed E-state index contributed by atoms with van der Waals surface area (Å²) >= 11 is 7.14. The number of fused-ring (bicyclic) bond motifs is 1. The van der Waals surface area contributed by atoms with Crippen molar-refractivity contribution < 1.29 is 19.3 Å². The molecule has 0 aliphatic rings. The Morgan fingerprint density at radius 2 is 1.21 bits per heavy atom. The fourth-order valence-corrected chi connectivity index (χ4v) is 5.53. The minimum Gasteiger partial charge on any atom is -0.489 e. The molecule has 1 heterocycles. The van der Waals surface area contributed by atoms with Gasteiger partial charge in [-0.2, -0.15) is 0 Å². The second-order valence-electron chi connectivity index (χ2n) is 10.2. The molecular weight excluding hydrogens is 558 g/mol. The molecule has 2 atom stereocenters. The molecule has 43 heavy (non-hydrogen) atoms. The number of hydrogen-bond donors (Lipinski definition) is 1. The highest BCUT2D eigenvalue weighted by molar-refractivity contribution is 6.38. The van der Waals surface area contributed by atoms with Crippen molar-refractivity contribution in [2.45, 2.75) is 25.5 Å². The van der Waals surface area contributed by atoms with E-state index in [0.717, 1.165) is 39.0 Å². The Kier molecular flexibility index (Phi) is 9.04. The first-order chi connectivity index (χ1) is 21.2. The van der Waals surface area contributed by atoms with Crippen LogP contribution in [0.1, 0.15) is 17.4 Å². The van der Waals surface area contributed by atoms with E-state index in [0.29, 0.717) is 24.0 Å². The van der Waals surface area contributed by atoms with Crippen LogP contribution in [0.15, 0.2) is 140 Å². The van der Waals surface area contributed by atoms with Crippen LogP contribution >= 0.6 is 11.6 Å². The average molecular weight is 590 g/mol. The third-order valence-corrected chi connectivity index (χ3v) is 7.65. The van der Waals surface area contributed by atoms with Gasteiger partial charge in [0.05, 0.1) is 29.4 Å². The number of benzene rings is 5. The lowest BCUT2D eigenvalue weighted by Crippen LogP contribution is -2.35. The Morgan fingerprint density at radius 3 is 1.86 bits per heavy atom. The van der Waals surface area contributed by atoms with Gasteiger partial charge in [0, 0.05) is 10.9 Å². The van der Waals surface area contributed by atoms with E-state index in [-0.39, 0.29) is 6.61 Å². The van der Waals surface area contributed by atoms with E-state index in [9.17, 15) is 5.11 Å².